The average molecular weight is 304 g/mol. The van der Waals surface area contributed by atoms with Crippen LogP contribution >= 0.6 is 0 Å². The summed E-state index contributed by atoms with van der Waals surface area (Å²) >= 11 is 0. The van der Waals surface area contributed by atoms with E-state index in [2.05, 4.69) is 39.5 Å². The van der Waals surface area contributed by atoms with E-state index in [9.17, 15) is 5.11 Å². The molecule has 120 valence electrons. The number of nitrogens with one attached hydrogen (secondary N) is 2. The first-order chi connectivity index (χ1) is 10.6. The predicted molar refractivity (Wildman–Crippen MR) is 85.9 cm³/mol. The molecule has 0 aliphatic carbocycles. The molecule has 2 aromatic heterocycles. The second-order valence-corrected chi connectivity index (χ2v) is 6.29. The maximum Gasteiger partial charge on any atom is 0.163 e. The molecule has 0 bridgehead atoms. The highest BCUT2D eigenvalue weighted by Gasteiger charge is 2.23. The van der Waals surface area contributed by atoms with Gasteiger partial charge in [0.05, 0.1) is 17.7 Å². The number of anilines is 1. The third-order valence-electron chi connectivity index (χ3n) is 4.25. The number of aliphatic hydroxyl groups is 1. The quantitative estimate of drug-likeness (QED) is 0.777. The van der Waals surface area contributed by atoms with Crippen molar-refractivity contribution in [3.63, 3.8) is 0 Å². The minimum Gasteiger partial charge on any atom is -0.391 e. The van der Waals surface area contributed by atoms with Crippen molar-refractivity contribution < 1.29 is 5.11 Å². The van der Waals surface area contributed by atoms with Crippen molar-refractivity contribution in [2.75, 3.05) is 25.0 Å². The van der Waals surface area contributed by atoms with Crippen LogP contribution in [0.5, 0.6) is 0 Å². The Morgan fingerprint density at radius 2 is 2.27 bits per heavy atom. The van der Waals surface area contributed by atoms with Crippen molar-refractivity contribution in [3.8, 4) is 0 Å². The monoisotopic (exact) mass is 304 g/mol. The van der Waals surface area contributed by atoms with Gasteiger partial charge in [-0.05, 0) is 13.0 Å². The topological polar surface area (TPSA) is 87.9 Å². The summed E-state index contributed by atoms with van der Waals surface area (Å²) in [6.45, 7) is 6.49. The van der Waals surface area contributed by atoms with Crippen molar-refractivity contribution >= 4 is 16.9 Å². The summed E-state index contributed by atoms with van der Waals surface area (Å²) in [5.74, 6) is 2.12. The van der Waals surface area contributed by atoms with Gasteiger partial charge in [-0.1, -0.05) is 13.8 Å². The van der Waals surface area contributed by atoms with E-state index >= 15 is 0 Å². The summed E-state index contributed by atoms with van der Waals surface area (Å²) in [6.07, 6.45) is 2.45. The zero-order valence-electron chi connectivity index (χ0n) is 13.4. The smallest absolute Gasteiger partial charge is 0.163 e. The average Bonchev–Trinajstić information content (AvgIpc) is 2.88. The van der Waals surface area contributed by atoms with Crippen molar-refractivity contribution in [1.29, 1.82) is 0 Å². The third kappa shape index (κ3) is 2.91. The fourth-order valence-corrected chi connectivity index (χ4v) is 2.79. The third-order valence-corrected chi connectivity index (χ3v) is 4.25. The molecule has 1 saturated heterocycles. The van der Waals surface area contributed by atoms with Gasteiger partial charge >= 0.3 is 0 Å². The highest BCUT2D eigenvalue weighted by molar-refractivity contribution is 5.86. The van der Waals surface area contributed by atoms with Crippen molar-refractivity contribution in [3.05, 3.63) is 12.0 Å². The van der Waals surface area contributed by atoms with Crippen LogP contribution in [-0.2, 0) is 7.05 Å². The van der Waals surface area contributed by atoms with Crippen LogP contribution in [0.3, 0.4) is 0 Å². The van der Waals surface area contributed by atoms with Gasteiger partial charge in [0.1, 0.15) is 11.6 Å². The number of aromatic nitrogens is 4. The standard InChI is InChI=1S/C15H24N6O/c1-9(2)13-19-14(11-7-18-21(3)15(11)20-13)17-6-10-4-5-16-8-12(10)22/h7,9-10,12,16,22H,4-6,8H2,1-3H3,(H,17,19,20)/t10-,12+/m0/s1. The van der Waals surface area contributed by atoms with Crippen LogP contribution in [0.2, 0.25) is 0 Å². The maximum atomic E-state index is 10.1. The van der Waals surface area contributed by atoms with E-state index in [1.54, 1.807) is 10.9 Å². The minimum atomic E-state index is -0.308. The lowest BCUT2D eigenvalue weighted by atomic mass is 9.95. The van der Waals surface area contributed by atoms with E-state index < -0.39 is 0 Å². The highest BCUT2D eigenvalue weighted by atomic mass is 16.3. The number of nitrogens with zero attached hydrogens (tertiary/aromatic N) is 4. The van der Waals surface area contributed by atoms with E-state index in [-0.39, 0.29) is 17.9 Å². The minimum absolute atomic E-state index is 0.241. The lowest BCUT2D eigenvalue weighted by molar-refractivity contribution is 0.0883. The van der Waals surface area contributed by atoms with Gasteiger partial charge in [-0.3, -0.25) is 4.68 Å². The summed E-state index contributed by atoms with van der Waals surface area (Å²) in [7, 11) is 1.89. The molecule has 0 spiro atoms. The number of hydrogen-bond acceptors (Lipinski definition) is 6. The first-order valence-corrected chi connectivity index (χ1v) is 7.88. The maximum absolute atomic E-state index is 10.1. The molecule has 0 unspecified atom stereocenters. The Balaban J connectivity index is 1.85. The van der Waals surface area contributed by atoms with Crippen LogP contribution in [0.15, 0.2) is 6.20 Å². The van der Waals surface area contributed by atoms with Gasteiger partial charge in [0.25, 0.3) is 0 Å². The molecule has 7 nitrogen and oxygen atoms in total. The van der Waals surface area contributed by atoms with E-state index in [0.29, 0.717) is 13.1 Å². The zero-order chi connectivity index (χ0) is 15.7. The molecule has 2 aromatic rings. The molecule has 7 heteroatoms. The first kappa shape index (κ1) is 15.2. The van der Waals surface area contributed by atoms with Crippen LogP contribution in [-0.4, -0.2) is 50.6 Å². The Hall–Kier alpha value is -1.73. The summed E-state index contributed by atoms with van der Waals surface area (Å²) in [5.41, 5.74) is 0.840. The molecule has 22 heavy (non-hydrogen) atoms. The summed E-state index contributed by atoms with van der Waals surface area (Å²) in [5, 5.41) is 21.9. The number of piperidine rings is 1. The Kier molecular flexibility index (Phi) is 4.26. The van der Waals surface area contributed by atoms with Crippen LogP contribution < -0.4 is 10.6 Å². The van der Waals surface area contributed by atoms with Gasteiger partial charge in [-0.2, -0.15) is 5.10 Å². The molecule has 1 fully saturated rings. The summed E-state index contributed by atoms with van der Waals surface area (Å²) in [6, 6.07) is 0. The number of aliphatic hydroxyl groups excluding tert-OH is 1. The van der Waals surface area contributed by atoms with Gasteiger partial charge in [0.2, 0.25) is 0 Å². The first-order valence-electron chi connectivity index (χ1n) is 7.88. The van der Waals surface area contributed by atoms with Gasteiger partial charge in [-0.15, -0.1) is 0 Å². The van der Waals surface area contributed by atoms with Crippen LogP contribution in [0.4, 0.5) is 5.82 Å². The molecule has 3 heterocycles. The van der Waals surface area contributed by atoms with E-state index in [1.807, 2.05) is 7.05 Å². The molecular formula is C15H24N6O. The zero-order valence-corrected chi connectivity index (χ0v) is 13.4. The molecule has 1 aliphatic heterocycles. The number of rotatable bonds is 4. The SMILES string of the molecule is CC(C)c1nc(NC[C@@H]2CCNC[C@H]2O)c2cnn(C)c2n1. The molecule has 0 amide bonds. The van der Waals surface area contributed by atoms with Gasteiger partial charge in [0.15, 0.2) is 5.65 Å². The van der Waals surface area contributed by atoms with Crippen molar-refractivity contribution in [1.82, 2.24) is 25.1 Å². The molecule has 2 atom stereocenters. The molecule has 3 N–H and O–H groups in total. The summed E-state index contributed by atoms with van der Waals surface area (Å²) < 4.78 is 1.77. The van der Waals surface area contributed by atoms with Crippen molar-refractivity contribution in [2.24, 2.45) is 13.0 Å². The largest absolute Gasteiger partial charge is 0.391 e. The lowest BCUT2D eigenvalue weighted by Gasteiger charge is -2.28. The Labute approximate surface area is 130 Å². The molecule has 1 aliphatic rings. The van der Waals surface area contributed by atoms with Crippen LogP contribution in [0.25, 0.3) is 11.0 Å². The fraction of sp³-hybridized carbons (Fsp3) is 0.667. The predicted octanol–water partition coefficient (Wildman–Crippen LogP) is 0.869. The molecule has 0 aromatic carbocycles. The Bertz CT molecular complexity index is 653. The highest BCUT2D eigenvalue weighted by Crippen LogP contribution is 2.23. The normalized spacial score (nSPS) is 22.4. The molecule has 0 saturated carbocycles. The van der Waals surface area contributed by atoms with Crippen LogP contribution in [0.1, 0.15) is 32.0 Å². The van der Waals surface area contributed by atoms with E-state index in [1.165, 1.54) is 0 Å². The van der Waals surface area contributed by atoms with Crippen LogP contribution in [0, 0.1) is 5.92 Å². The summed E-state index contributed by atoms with van der Waals surface area (Å²) in [4.78, 5) is 9.24. The number of fused-ring (bicyclic) bond motifs is 1. The van der Waals surface area contributed by atoms with Gasteiger partial charge in [0, 0.05) is 32.0 Å². The van der Waals surface area contributed by atoms with E-state index in [4.69, 9.17) is 0 Å². The second kappa shape index (κ2) is 6.18. The lowest BCUT2D eigenvalue weighted by Crippen LogP contribution is -2.43. The molecular weight excluding hydrogens is 280 g/mol. The Morgan fingerprint density at radius 3 is 3.00 bits per heavy atom. The molecule has 0 radical (unpaired) electrons. The number of aryl methyl sites for hydroxylation is 1. The Morgan fingerprint density at radius 1 is 1.45 bits per heavy atom. The molecule has 3 rings (SSSR count). The van der Waals surface area contributed by atoms with Gasteiger partial charge < -0.3 is 15.7 Å². The second-order valence-electron chi connectivity index (χ2n) is 6.29. The van der Waals surface area contributed by atoms with Crippen molar-refractivity contribution in [2.45, 2.75) is 32.3 Å². The number of hydrogen-bond donors (Lipinski definition) is 3. The number of β-amino-alcohol motifs (C(OH)–C–C–N with tert-alkyl or cyclic N) is 1. The van der Waals surface area contributed by atoms with Gasteiger partial charge in [-0.25, -0.2) is 9.97 Å². The van der Waals surface area contributed by atoms with E-state index in [0.717, 1.165) is 35.6 Å². The fourth-order valence-electron chi connectivity index (χ4n) is 2.79.